The van der Waals surface area contributed by atoms with Crippen LogP contribution in [0.1, 0.15) is 26.2 Å². The number of ether oxygens (including phenoxy) is 1. The summed E-state index contributed by atoms with van der Waals surface area (Å²) in [6.07, 6.45) is 2.65. The molecular formula is C7H12F2O. The fourth-order valence-corrected chi connectivity index (χ4v) is 1.45. The lowest BCUT2D eigenvalue weighted by Gasteiger charge is -2.14. The molecule has 1 fully saturated rings. The first-order valence-electron chi connectivity index (χ1n) is 3.64. The average molecular weight is 150 g/mol. The number of hydrogen-bond acceptors (Lipinski definition) is 1. The minimum Gasteiger partial charge on any atom is -0.319 e. The second-order valence-corrected chi connectivity index (χ2v) is 2.84. The van der Waals surface area contributed by atoms with Crippen molar-refractivity contribution in [2.75, 3.05) is 0 Å². The topological polar surface area (TPSA) is 9.23 Å². The Morgan fingerprint density at radius 3 is 2.50 bits per heavy atom. The lowest BCUT2D eigenvalue weighted by Crippen LogP contribution is -2.18. The Kier molecular flexibility index (Phi) is 2.60. The maximum Gasteiger partial charge on any atom is 0.345 e. The summed E-state index contributed by atoms with van der Waals surface area (Å²) >= 11 is 0. The largest absolute Gasteiger partial charge is 0.345 e. The Hall–Kier alpha value is -0.180. The summed E-state index contributed by atoms with van der Waals surface area (Å²) in [7, 11) is 0. The second-order valence-electron chi connectivity index (χ2n) is 2.84. The van der Waals surface area contributed by atoms with Gasteiger partial charge in [-0.3, -0.25) is 0 Å². The van der Waals surface area contributed by atoms with Gasteiger partial charge in [-0.2, -0.15) is 8.78 Å². The first-order valence-corrected chi connectivity index (χ1v) is 3.64. The number of rotatable bonds is 2. The summed E-state index contributed by atoms with van der Waals surface area (Å²) in [4.78, 5) is 0. The molecule has 2 atom stereocenters. The van der Waals surface area contributed by atoms with E-state index in [9.17, 15) is 8.78 Å². The van der Waals surface area contributed by atoms with Gasteiger partial charge < -0.3 is 4.74 Å². The van der Waals surface area contributed by atoms with Gasteiger partial charge in [0.15, 0.2) is 0 Å². The highest BCUT2D eigenvalue weighted by Crippen LogP contribution is 2.28. The summed E-state index contributed by atoms with van der Waals surface area (Å²) in [5.41, 5.74) is 0. The third kappa shape index (κ3) is 1.90. The summed E-state index contributed by atoms with van der Waals surface area (Å²) < 4.78 is 27.7. The van der Waals surface area contributed by atoms with Gasteiger partial charge >= 0.3 is 6.61 Å². The highest BCUT2D eigenvalue weighted by molar-refractivity contribution is 4.74. The van der Waals surface area contributed by atoms with E-state index in [-0.39, 0.29) is 6.10 Å². The lowest BCUT2D eigenvalue weighted by atomic mass is 10.1. The molecule has 1 rings (SSSR count). The molecule has 2 unspecified atom stereocenters. The van der Waals surface area contributed by atoms with Gasteiger partial charge in [-0.1, -0.05) is 13.3 Å². The highest BCUT2D eigenvalue weighted by Gasteiger charge is 2.26. The van der Waals surface area contributed by atoms with Crippen molar-refractivity contribution in [3.8, 4) is 0 Å². The molecule has 10 heavy (non-hydrogen) atoms. The van der Waals surface area contributed by atoms with Crippen molar-refractivity contribution in [1.29, 1.82) is 0 Å². The van der Waals surface area contributed by atoms with Crippen LogP contribution in [0.2, 0.25) is 0 Å². The number of halogens is 2. The van der Waals surface area contributed by atoms with Gasteiger partial charge in [-0.25, -0.2) is 0 Å². The van der Waals surface area contributed by atoms with Crippen molar-refractivity contribution in [2.24, 2.45) is 5.92 Å². The van der Waals surface area contributed by atoms with Crippen LogP contribution in [0, 0.1) is 5.92 Å². The van der Waals surface area contributed by atoms with Crippen LogP contribution in [0.5, 0.6) is 0 Å². The zero-order valence-corrected chi connectivity index (χ0v) is 6.02. The molecule has 0 spiro atoms. The Balaban J connectivity index is 2.26. The van der Waals surface area contributed by atoms with Gasteiger partial charge in [0, 0.05) is 0 Å². The Bertz CT molecular complexity index is 106. The molecule has 3 heteroatoms. The van der Waals surface area contributed by atoms with Crippen molar-refractivity contribution in [1.82, 2.24) is 0 Å². The van der Waals surface area contributed by atoms with Gasteiger partial charge in [0.25, 0.3) is 0 Å². The molecule has 0 bridgehead atoms. The molecule has 0 aromatic rings. The van der Waals surface area contributed by atoms with Crippen LogP contribution in [-0.4, -0.2) is 12.7 Å². The summed E-state index contributed by atoms with van der Waals surface area (Å²) in [5.74, 6) is 0.314. The quantitative estimate of drug-likeness (QED) is 0.587. The monoisotopic (exact) mass is 150 g/mol. The maximum absolute atomic E-state index is 11.6. The van der Waals surface area contributed by atoms with Crippen molar-refractivity contribution in [3.05, 3.63) is 0 Å². The van der Waals surface area contributed by atoms with E-state index in [1.165, 1.54) is 0 Å². The van der Waals surface area contributed by atoms with Crippen LogP contribution in [-0.2, 0) is 4.74 Å². The zero-order chi connectivity index (χ0) is 7.56. The van der Waals surface area contributed by atoms with Gasteiger partial charge in [0.1, 0.15) is 0 Å². The molecule has 0 amide bonds. The van der Waals surface area contributed by atoms with E-state index in [0.717, 1.165) is 19.3 Å². The summed E-state index contributed by atoms with van der Waals surface area (Å²) in [5, 5.41) is 0. The molecule has 0 N–H and O–H groups in total. The molecule has 0 aromatic carbocycles. The molecule has 60 valence electrons. The molecule has 0 aliphatic heterocycles. The lowest BCUT2D eigenvalue weighted by molar-refractivity contribution is -0.169. The van der Waals surface area contributed by atoms with Gasteiger partial charge in [0.2, 0.25) is 0 Å². The van der Waals surface area contributed by atoms with E-state index in [1.54, 1.807) is 0 Å². The van der Waals surface area contributed by atoms with Gasteiger partial charge in [-0.05, 0) is 18.8 Å². The normalized spacial score (nSPS) is 33.6. The van der Waals surface area contributed by atoms with Crippen molar-refractivity contribution in [2.45, 2.75) is 38.9 Å². The first kappa shape index (κ1) is 7.92. The number of hydrogen-bond donors (Lipinski definition) is 0. The van der Waals surface area contributed by atoms with E-state index in [2.05, 4.69) is 4.74 Å². The van der Waals surface area contributed by atoms with Crippen molar-refractivity contribution >= 4 is 0 Å². The average Bonchev–Trinajstić information content (AvgIpc) is 2.15. The molecule has 0 saturated heterocycles. The van der Waals surface area contributed by atoms with E-state index in [0.29, 0.717) is 5.92 Å². The van der Waals surface area contributed by atoms with Crippen LogP contribution in [0.15, 0.2) is 0 Å². The fourth-order valence-electron chi connectivity index (χ4n) is 1.45. The predicted octanol–water partition coefficient (Wildman–Crippen LogP) is 2.41. The van der Waals surface area contributed by atoms with Crippen LogP contribution in [0.25, 0.3) is 0 Å². The van der Waals surface area contributed by atoms with E-state index in [1.807, 2.05) is 6.92 Å². The van der Waals surface area contributed by atoms with E-state index >= 15 is 0 Å². The third-order valence-electron chi connectivity index (χ3n) is 2.06. The minimum absolute atomic E-state index is 0.194. The van der Waals surface area contributed by atoms with Gasteiger partial charge in [0.05, 0.1) is 6.10 Å². The van der Waals surface area contributed by atoms with Crippen LogP contribution in [0.3, 0.4) is 0 Å². The highest BCUT2D eigenvalue weighted by atomic mass is 19.3. The first-order chi connectivity index (χ1) is 4.70. The molecular weight excluding hydrogens is 138 g/mol. The fraction of sp³-hybridized carbons (Fsp3) is 1.00. The minimum atomic E-state index is -2.59. The molecule has 1 aliphatic carbocycles. The molecule has 0 radical (unpaired) electrons. The Morgan fingerprint density at radius 1 is 1.40 bits per heavy atom. The SMILES string of the molecule is CC1CCCC1OC(F)F. The van der Waals surface area contributed by atoms with Crippen LogP contribution in [0.4, 0.5) is 8.78 Å². The van der Waals surface area contributed by atoms with Crippen molar-refractivity contribution in [3.63, 3.8) is 0 Å². The Labute approximate surface area is 59.4 Å². The smallest absolute Gasteiger partial charge is 0.319 e. The maximum atomic E-state index is 11.6. The van der Waals surface area contributed by atoms with Gasteiger partial charge in [-0.15, -0.1) is 0 Å². The summed E-state index contributed by atoms with van der Waals surface area (Å²) in [6, 6.07) is 0. The third-order valence-corrected chi connectivity index (χ3v) is 2.06. The van der Waals surface area contributed by atoms with E-state index in [4.69, 9.17) is 0 Å². The van der Waals surface area contributed by atoms with E-state index < -0.39 is 6.61 Å². The molecule has 1 aliphatic rings. The molecule has 0 aromatic heterocycles. The van der Waals surface area contributed by atoms with Crippen LogP contribution < -0.4 is 0 Å². The molecule has 1 saturated carbocycles. The molecule has 0 heterocycles. The molecule has 1 nitrogen and oxygen atoms in total. The standard InChI is InChI=1S/C7H12F2O/c1-5-3-2-4-6(5)10-7(8)9/h5-7H,2-4H2,1H3. The summed E-state index contributed by atoms with van der Waals surface area (Å²) in [6.45, 7) is -0.634. The van der Waals surface area contributed by atoms with Crippen molar-refractivity contribution < 1.29 is 13.5 Å². The van der Waals surface area contributed by atoms with Crippen LogP contribution >= 0.6 is 0 Å². The number of alkyl halides is 2. The predicted molar refractivity (Wildman–Crippen MR) is 33.9 cm³/mol. The zero-order valence-electron chi connectivity index (χ0n) is 6.02. The Morgan fingerprint density at radius 2 is 2.10 bits per heavy atom. The second kappa shape index (κ2) is 3.28.